The molecular formula is C22H26N4O2S. The predicted molar refractivity (Wildman–Crippen MR) is 116 cm³/mol. The third-order valence-corrected chi connectivity index (χ3v) is 6.39. The number of amides is 2. The van der Waals surface area contributed by atoms with Crippen LogP contribution in [0.1, 0.15) is 21.5 Å². The van der Waals surface area contributed by atoms with Gasteiger partial charge in [-0.3, -0.25) is 14.5 Å². The maximum absolute atomic E-state index is 12.6. The lowest BCUT2D eigenvalue weighted by atomic mass is 10.1. The Labute approximate surface area is 175 Å². The average Bonchev–Trinajstić information content (AvgIpc) is 2.73. The lowest BCUT2D eigenvalue weighted by Gasteiger charge is -2.32. The average molecular weight is 411 g/mol. The molecule has 2 amide bonds. The maximum Gasteiger partial charge on any atom is 0.251 e. The number of carbonyl (C=O) groups excluding carboxylic acids is 2. The van der Waals surface area contributed by atoms with E-state index in [0.717, 1.165) is 43.2 Å². The fraction of sp³-hybridized carbons (Fsp3) is 0.364. The third-order valence-electron chi connectivity index (χ3n) is 5.32. The first-order valence-corrected chi connectivity index (χ1v) is 10.9. The van der Waals surface area contributed by atoms with Gasteiger partial charge in [-0.15, -0.1) is 11.8 Å². The highest BCUT2D eigenvalue weighted by molar-refractivity contribution is 8.00. The van der Waals surface area contributed by atoms with Crippen LogP contribution in [0, 0.1) is 0 Å². The van der Waals surface area contributed by atoms with Gasteiger partial charge in [-0.2, -0.15) is 0 Å². The number of hydrogen-bond donors (Lipinski definition) is 2. The second-order valence-corrected chi connectivity index (χ2v) is 8.65. The molecule has 0 radical (unpaired) electrons. The normalized spacial score (nSPS) is 17.5. The van der Waals surface area contributed by atoms with Crippen molar-refractivity contribution in [3.8, 4) is 0 Å². The van der Waals surface area contributed by atoms with Crippen molar-refractivity contribution in [1.82, 2.24) is 15.1 Å². The summed E-state index contributed by atoms with van der Waals surface area (Å²) >= 11 is 1.49. The molecule has 29 heavy (non-hydrogen) atoms. The van der Waals surface area contributed by atoms with Gasteiger partial charge < -0.3 is 15.5 Å². The highest BCUT2D eigenvalue weighted by Gasteiger charge is 2.17. The summed E-state index contributed by atoms with van der Waals surface area (Å²) in [5.74, 6) is 0.252. The number of benzene rings is 2. The molecule has 2 N–H and O–H groups in total. The van der Waals surface area contributed by atoms with Gasteiger partial charge in [0.15, 0.2) is 0 Å². The number of piperazine rings is 1. The van der Waals surface area contributed by atoms with Crippen LogP contribution < -0.4 is 10.6 Å². The van der Waals surface area contributed by atoms with Crippen LogP contribution in [0.3, 0.4) is 0 Å². The molecule has 7 heteroatoms. The molecule has 2 aliphatic rings. The molecule has 0 aromatic heterocycles. The molecule has 0 atom stereocenters. The minimum Gasteiger partial charge on any atom is -0.348 e. The predicted octanol–water partition coefficient (Wildman–Crippen LogP) is 2.41. The van der Waals surface area contributed by atoms with Gasteiger partial charge in [0.2, 0.25) is 5.91 Å². The van der Waals surface area contributed by atoms with Crippen LogP contribution in [-0.4, -0.2) is 60.6 Å². The quantitative estimate of drug-likeness (QED) is 0.793. The Bertz CT molecular complexity index is 909. The zero-order valence-electron chi connectivity index (χ0n) is 16.6. The fourth-order valence-corrected chi connectivity index (χ4v) is 4.40. The van der Waals surface area contributed by atoms with Crippen molar-refractivity contribution in [1.29, 1.82) is 0 Å². The number of hydrogen-bond acceptors (Lipinski definition) is 5. The SMILES string of the molecule is CN1CCN(Cc2cccc(CNC(=O)c3ccc4c(c3)NC(=O)CS4)c2)CC1. The molecule has 2 heterocycles. The van der Waals surface area contributed by atoms with Crippen molar-refractivity contribution in [2.75, 3.05) is 44.3 Å². The fourth-order valence-electron chi connectivity index (χ4n) is 3.61. The first kappa shape index (κ1) is 19.9. The number of anilines is 1. The smallest absolute Gasteiger partial charge is 0.251 e. The van der Waals surface area contributed by atoms with Crippen LogP contribution in [0.4, 0.5) is 5.69 Å². The van der Waals surface area contributed by atoms with Gasteiger partial charge in [0.25, 0.3) is 5.91 Å². The highest BCUT2D eigenvalue weighted by Crippen LogP contribution is 2.31. The molecule has 4 rings (SSSR count). The largest absolute Gasteiger partial charge is 0.348 e. The van der Waals surface area contributed by atoms with E-state index in [1.165, 1.54) is 17.3 Å². The summed E-state index contributed by atoms with van der Waals surface area (Å²) in [6.45, 7) is 5.81. The summed E-state index contributed by atoms with van der Waals surface area (Å²) in [7, 11) is 2.16. The molecule has 0 saturated carbocycles. The van der Waals surface area contributed by atoms with Crippen LogP contribution >= 0.6 is 11.8 Å². The van der Waals surface area contributed by atoms with Gasteiger partial charge in [0.05, 0.1) is 11.4 Å². The Kier molecular flexibility index (Phi) is 6.18. The molecule has 2 aliphatic heterocycles. The van der Waals surface area contributed by atoms with Crippen LogP contribution in [0.25, 0.3) is 0 Å². The van der Waals surface area contributed by atoms with E-state index in [2.05, 4.69) is 45.7 Å². The van der Waals surface area contributed by atoms with E-state index < -0.39 is 0 Å². The van der Waals surface area contributed by atoms with E-state index in [1.807, 2.05) is 18.2 Å². The number of nitrogens with one attached hydrogen (secondary N) is 2. The van der Waals surface area contributed by atoms with Gasteiger partial charge in [0, 0.05) is 49.7 Å². The minimum atomic E-state index is -0.137. The standard InChI is InChI=1S/C22H26N4O2S/c1-25-7-9-26(10-8-25)14-17-4-2-3-16(11-17)13-23-22(28)18-5-6-20-19(12-18)24-21(27)15-29-20/h2-6,11-12H,7-10,13-15H2,1H3,(H,23,28)(H,24,27). The molecular weight excluding hydrogens is 384 g/mol. The maximum atomic E-state index is 12.6. The topological polar surface area (TPSA) is 64.7 Å². The summed E-state index contributed by atoms with van der Waals surface area (Å²) in [5, 5.41) is 5.82. The van der Waals surface area contributed by atoms with Crippen molar-refractivity contribution in [3.63, 3.8) is 0 Å². The van der Waals surface area contributed by atoms with Crippen molar-refractivity contribution < 1.29 is 9.59 Å². The molecule has 2 aromatic rings. The van der Waals surface area contributed by atoms with Crippen molar-refractivity contribution in [3.05, 3.63) is 59.2 Å². The van der Waals surface area contributed by atoms with E-state index in [4.69, 9.17) is 0 Å². The van der Waals surface area contributed by atoms with Crippen LogP contribution in [0.2, 0.25) is 0 Å². The molecule has 1 saturated heterocycles. The highest BCUT2D eigenvalue weighted by atomic mass is 32.2. The Hall–Kier alpha value is -2.35. The number of thioether (sulfide) groups is 1. The van der Waals surface area contributed by atoms with Crippen LogP contribution in [-0.2, 0) is 17.9 Å². The van der Waals surface area contributed by atoms with Gasteiger partial charge in [-0.25, -0.2) is 0 Å². The molecule has 152 valence electrons. The van der Waals surface area contributed by atoms with Crippen molar-refractivity contribution >= 4 is 29.3 Å². The number of rotatable bonds is 5. The third kappa shape index (κ3) is 5.18. The van der Waals surface area contributed by atoms with Crippen molar-refractivity contribution in [2.24, 2.45) is 0 Å². The summed E-state index contributed by atoms with van der Waals surface area (Å²) in [4.78, 5) is 30.0. The second-order valence-electron chi connectivity index (χ2n) is 7.63. The Morgan fingerprint density at radius 3 is 2.72 bits per heavy atom. The van der Waals surface area contributed by atoms with Gasteiger partial charge in [-0.1, -0.05) is 24.3 Å². The molecule has 0 aliphatic carbocycles. The molecule has 0 spiro atoms. The van der Waals surface area contributed by atoms with E-state index in [9.17, 15) is 9.59 Å². The lowest BCUT2D eigenvalue weighted by molar-refractivity contribution is -0.113. The molecule has 1 fully saturated rings. The molecule has 2 aromatic carbocycles. The van der Waals surface area contributed by atoms with Gasteiger partial charge in [0.1, 0.15) is 0 Å². The summed E-state index contributed by atoms with van der Waals surface area (Å²) in [5.41, 5.74) is 3.63. The van der Waals surface area contributed by atoms with Crippen molar-refractivity contribution in [2.45, 2.75) is 18.0 Å². The summed E-state index contributed by atoms with van der Waals surface area (Å²) in [6, 6.07) is 13.9. The summed E-state index contributed by atoms with van der Waals surface area (Å²) in [6.07, 6.45) is 0. The minimum absolute atomic E-state index is 0.0303. The zero-order valence-corrected chi connectivity index (χ0v) is 17.4. The first-order valence-electron chi connectivity index (χ1n) is 9.90. The number of likely N-dealkylation sites (N-methyl/N-ethyl adjacent to an activating group) is 1. The first-order chi connectivity index (χ1) is 14.1. The monoisotopic (exact) mass is 410 g/mol. The molecule has 6 nitrogen and oxygen atoms in total. The Morgan fingerprint density at radius 1 is 1.10 bits per heavy atom. The lowest BCUT2D eigenvalue weighted by Crippen LogP contribution is -2.43. The van der Waals surface area contributed by atoms with E-state index >= 15 is 0 Å². The van der Waals surface area contributed by atoms with Crippen LogP contribution in [0.5, 0.6) is 0 Å². The number of fused-ring (bicyclic) bond motifs is 1. The number of carbonyl (C=O) groups is 2. The van der Waals surface area contributed by atoms with E-state index in [1.54, 1.807) is 6.07 Å². The molecule has 0 unspecified atom stereocenters. The zero-order chi connectivity index (χ0) is 20.2. The summed E-state index contributed by atoms with van der Waals surface area (Å²) < 4.78 is 0. The van der Waals surface area contributed by atoms with E-state index in [-0.39, 0.29) is 11.8 Å². The molecule has 0 bridgehead atoms. The van der Waals surface area contributed by atoms with E-state index in [0.29, 0.717) is 23.5 Å². The van der Waals surface area contributed by atoms with Gasteiger partial charge in [-0.05, 0) is 36.4 Å². The van der Waals surface area contributed by atoms with Gasteiger partial charge >= 0.3 is 0 Å². The van der Waals surface area contributed by atoms with Crippen LogP contribution in [0.15, 0.2) is 47.4 Å². The Morgan fingerprint density at radius 2 is 1.90 bits per heavy atom. The second kappa shape index (κ2) is 8.98. The number of nitrogens with zero attached hydrogens (tertiary/aromatic N) is 2. The Balaban J connectivity index is 1.35.